The highest BCUT2D eigenvalue weighted by Gasteiger charge is 2.17. The Hall–Kier alpha value is -3.35. The van der Waals surface area contributed by atoms with E-state index in [0.717, 1.165) is 49.1 Å². The number of ether oxygens (including phenoxy) is 1. The lowest BCUT2D eigenvalue weighted by molar-refractivity contribution is -0.0980. The number of aliphatic imine (C=N–C) groups is 1. The standard InChI is InChI=1S/C25H29N3.C5H10O.C2H6O.C2H6.CH2O.H2/c1-6-18(4)28-25-14-24-20(16-27-25)9-8-10-23(24)22-12-17(3)11-21(13-22)19(7-2)15-26-5;1-5-2-3-6-4-5;1-2-3;2*1-2;/h6-7,10-16H,8-9H2,1-5H3,(H,27,28);5H,2-4H2,1H3;3H,2H2,1H3;1-2H3;1H2;1H/b18-6-,19-7+,26-15?;;;;;. The zero-order valence-corrected chi connectivity index (χ0v) is 26.9. The summed E-state index contributed by atoms with van der Waals surface area (Å²) < 4.78 is 5.06. The van der Waals surface area contributed by atoms with Crippen LogP contribution in [0.4, 0.5) is 5.82 Å². The first kappa shape index (κ1) is 37.6. The highest BCUT2D eigenvalue weighted by molar-refractivity contribution is 6.10. The molecule has 41 heavy (non-hydrogen) atoms. The molecular weight excluding hydrogens is 510 g/mol. The fourth-order valence-electron chi connectivity index (χ4n) is 4.24. The van der Waals surface area contributed by atoms with Crippen LogP contribution in [0, 0.1) is 12.8 Å². The summed E-state index contributed by atoms with van der Waals surface area (Å²) in [6, 6.07) is 8.94. The van der Waals surface area contributed by atoms with Crippen molar-refractivity contribution in [2.45, 2.75) is 74.7 Å². The van der Waals surface area contributed by atoms with Crippen LogP contribution in [0.25, 0.3) is 11.1 Å². The normalized spacial score (nSPS) is 15.9. The Morgan fingerprint density at radius 1 is 1.22 bits per heavy atom. The van der Waals surface area contributed by atoms with E-state index in [4.69, 9.17) is 14.6 Å². The summed E-state index contributed by atoms with van der Waals surface area (Å²) in [7, 11) is 1.81. The van der Waals surface area contributed by atoms with Gasteiger partial charge in [0, 0.05) is 46.4 Å². The Bertz CT molecular complexity index is 1150. The second kappa shape index (κ2) is 22.4. The summed E-state index contributed by atoms with van der Waals surface area (Å²) in [4.78, 5) is 16.8. The highest BCUT2D eigenvalue weighted by atomic mass is 16.5. The number of aromatic nitrogens is 1. The van der Waals surface area contributed by atoms with E-state index in [1.165, 1.54) is 39.8 Å². The largest absolute Gasteiger partial charge is 0.397 e. The van der Waals surface area contributed by atoms with Crippen LogP contribution < -0.4 is 5.32 Å². The Labute approximate surface area is 250 Å². The second-order valence-electron chi connectivity index (χ2n) is 9.48. The van der Waals surface area contributed by atoms with Gasteiger partial charge in [-0.05, 0) is 111 Å². The molecule has 0 bridgehead atoms. The van der Waals surface area contributed by atoms with Crippen LogP contribution >= 0.6 is 0 Å². The number of carbonyl (C=O) groups excluding carboxylic acids is 1. The lowest BCUT2D eigenvalue weighted by Crippen LogP contribution is -2.06. The summed E-state index contributed by atoms with van der Waals surface area (Å²) in [6.45, 7) is 20.4. The lowest BCUT2D eigenvalue weighted by Gasteiger charge is -2.20. The number of carbonyl (C=O) groups is 1. The summed E-state index contributed by atoms with van der Waals surface area (Å²) >= 11 is 0. The number of benzene rings is 1. The third kappa shape index (κ3) is 13.2. The van der Waals surface area contributed by atoms with Crippen LogP contribution in [-0.2, 0) is 16.0 Å². The number of aliphatic hydroxyl groups excluding tert-OH is 1. The van der Waals surface area contributed by atoms with E-state index >= 15 is 0 Å². The van der Waals surface area contributed by atoms with Gasteiger partial charge in [-0.3, -0.25) is 4.99 Å². The number of hydrogen-bond donors (Lipinski definition) is 2. The molecule has 2 aliphatic rings. The van der Waals surface area contributed by atoms with Crippen molar-refractivity contribution in [1.29, 1.82) is 0 Å². The third-order valence-electron chi connectivity index (χ3n) is 6.26. The van der Waals surface area contributed by atoms with Crippen LogP contribution in [0.3, 0.4) is 0 Å². The molecule has 1 aromatic heterocycles. The molecule has 4 rings (SSSR count). The molecule has 6 heteroatoms. The molecule has 2 N–H and O–H groups in total. The Balaban J connectivity index is 0. The average Bonchev–Trinajstić information content (AvgIpc) is 3.48. The molecular formula is C35H55N3O3. The van der Waals surface area contributed by atoms with Gasteiger partial charge >= 0.3 is 0 Å². The van der Waals surface area contributed by atoms with Crippen LogP contribution in [0.5, 0.6) is 0 Å². The number of anilines is 1. The molecule has 1 aromatic carbocycles. The van der Waals surface area contributed by atoms with Crippen molar-refractivity contribution in [1.82, 2.24) is 4.98 Å². The van der Waals surface area contributed by atoms with Gasteiger partial charge in [0.25, 0.3) is 0 Å². The molecule has 1 saturated heterocycles. The van der Waals surface area contributed by atoms with Crippen molar-refractivity contribution in [3.8, 4) is 0 Å². The molecule has 1 unspecified atom stereocenters. The van der Waals surface area contributed by atoms with E-state index in [2.05, 4.69) is 85.5 Å². The SMILES string of the molecule is C/C=C(/C)Nc1cc2c(cn1)CCC=C2c1cc(C)cc(/C(C=NC)=C/C)c1.C=O.CC.CC1CCOC1.CCO.[HH]. The Morgan fingerprint density at radius 3 is 2.41 bits per heavy atom. The first-order chi connectivity index (χ1) is 19.9. The predicted octanol–water partition coefficient (Wildman–Crippen LogP) is 8.34. The number of nitrogens with one attached hydrogen (secondary N) is 1. The summed E-state index contributed by atoms with van der Waals surface area (Å²) in [5.41, 5.74) is 9.82. The smallest absolute Gasteiger partial charge is 0.130 e. The minimum Gasteiger partial charge on any atom is -0.397 e. The van der Waals surface area contributed by atoms with Crippen molar-refractivity contribution < 1.29 is 16.1 Å². The van der Waals surface area contributed by atoms with Crippen LogP contribution in [0.15, 0.2) is 59.4 Å². The summed E-state index contributed by atoms with van der Waals surface area (Å²) in [6.07, 6.45) is 13.8. The summed E-state index contributed by atoms with van der Waals surface area (Å²) in [5, 5.41) is 10.9. The molecule has 0 saturated carbocycles. The molecule has 0 radical (unpaired) electrons. The first-order valence-corrected chi connectivity index (χ1v) is 14.6. The van der Waals surface area contributed by atoms with E-state index < -0.39 is 0 Å². The third-order valence-corrected chi connectivity index (χ3v) is 6.26. The van der Waals surface area contributed by atoms with Crippen LogP contribution in [-0.4, -0.2) is 50.0 Å². The monoisotopic (exact) mass is 565 g/mol. The fourth-order valence-corrected chi connectivity index (χ4v) is 4.24. The molecule has 1 aliphatic heterocycles. The topological polar surface area (TPSA) is 83.8 Å². The lowest BCUT2D eigenvalue weighted by atomic mass is 9.86. The number of allylic oxidation sites excluding steroid dienone is 5. The highest BCUT2D eigenvalue weighted by Crippen LogP contribution is 2.34. The minimum absolute atomic E-state index is 0. The van der Waals surface area contributed by atoms with Crippen molar-refractivity contribution in [2.24, 2.45) is 10.9 Å². The second-order valence-corrected chi connectivity index (χ2v) is 9.48. The van der Waals surface area contributed by atoms with Gasteiger partial charge in [0.05, 0.1) is 0 Å². The molecule has 1 aliphatic carbocycles. The molecule has 6 nitrogen and oxygen atoms in total. The van der Waals surface area contributed by atoms with Gasteiger partial charge in [-0.15, -0.1) is 0 Å². The molecule has 1 atom stereocenters. The number of aryl methyl sites for hydroxylation is 2. The number of fused-ring (bicyclic) bond motifs is 1. The maximum absolute atomic E-state index is 8.00. The van der Waals surface area contributed by atoms with Crippen molar-refractivity contribution in [3.63, 3.8) is 0 Å². The van der Waals surface area contributed by atoms with Crippen LogP contribution in [0.2, 0.25) is 0 Å². The molecule has 228 valence electrons. The van der Waals surface area contributed by atoms with E-state index in [9.17, 15) is 0 Å². The number of hydrogen-bond acceptors (Lipinski definition) is 6. The van der Waals surface area contributed by atoms with Crippen LogP contribution in [0.1, 0.15) is 90.6 Å². The van der Waals surface area contributed by atoms with Crippen molar-refractivity contribution >= 4 is 30.0 Å². The van der Waals surface area contributed by atoms with Crippen molar-refractivity contribution in [3.05, 3.63) is 82.2 Å². The number of aliphatic hydroxyl groups is 1. The number of nitrogens with zero attached hydrogens (tertiary/aromatic N) is 2. The fraction of sp³-hybridized carbons (Fsp3) is 0.457. The van der Waals surface area contributed by atoms with Gasteiger partial charge in [-0.25, -0.2) is 4.98 Å². The quantitative estimate of drug-likeness (QED) is 0.356. The molecule has 0 amide bonds. The maximum atomic E-state index is 8.00. The maximum Gasteiger partial charge on any atom is 0.130 e. The molecule has 2 heterocycles. The van der Waals surface area contributed by atoms with Gasteiger partial charge in [-0.2, -0.15) is 0 Å². The van der Waals surface area contributed by atoms with Gasteiger partial charge in [-0.1, -0.05) is 51.1 Å². The van der Waals surface area contributed by atoms with E-state index in [1.54, 1.807) is 6.92 Å². The van der Waals surface area contributed by atoms with Gasteiger partial charge in [0.2, 0.25) is 0 Å². The van der Waals surface area contributed by atoms with Gasteiger partial charge < -0.3 is 20.0 Å². The van der Waals surface area contributed by atoms with Gasteiger partial charge in [0.1, 0.15) is 12.6 Å². The average molecular weight is 566 g/mol. The molecule has 2 aromatic rings. The predicted molar refractivity (Wildman–Crippen MR) is 180 cm³/mol. The van der Waals surface area contributed by atoms with E-state index in [1.807, 2.05) is 47.0 Å². The van der Waals surface area contributed by atoms with Gasteiger partial charge in [0.15, 0.2) is 0 Å². The zero-order chi connectivity index (χ0) is 31.2. The summed E-state index contributed by atoms with van der Waals surface area (Å²) in [5.74, 6) is 1.72. The minimum atomic E-state index is 0. The zero-order valence-electron chi connectivity index (χ0n) is 26.9. The molecule has 1 fully saturated rings. The Kier molecular flexibility index (Phi) is 20.5. The number of pyridine rings is 1. The van der Waals surface area contributed by atoms with E-state index in [0.29, 0.717) is 0 Å². The molecule has 0 spiro atoms. The number of rotatable bonds is 5. The van der Waals surface area contributed by atoms with Crippen molar-refractivity contribution in [2.75, 3.05) is 32.2 Å². The Morgan fingerprint density at radius 2 is 1.90 bits per heavy atom. The first-order valence-electron chi connectivity index (χ1n) is 14.6. The van der Waals surface area contributed by atoms with E-state index in [-0.39, 0.29) is 8.03 Å².